The Kier molecular flexibility index (Phi) is 8.04. The number of fused-ring (bicyclic) bond motifs is 1. The number of carbonyl (C=O) groups is 1. The highest BCUT2D eigenvalue weighted by atomic mass is 32.2. The van der Waals surface area contributed by atoms with Gasteiger partial charge in [0, 0.05) is 24.3 Å². The molecule has 1 unspecified atom stereocenters. The van der Waals surface area contributed by atoms with Crippen molar-refractivity contribution in [3.8, 4) is 0 Å². The molecule has 13 heteroatoms. The van der Waals surface area contributed by atoms with Crippen molar-refractivity contribution in [3.63, 3.8) is 0 Å². The first-order chi connectivity index (χ1) is 19.5. The van der Waals surface area contributed by atoms with E-state index in [2.05, 4.69) is 9.72 Å². The van der Waals surface area contributed by atoms with Crippen molar-refractivity contribution in [3.05, 3.63) is 101 Å². The number of nitrogens with zero attached hydrogens (tertiary/aromatic N) is 2. The molecule has 1 atom stereocenters. The number of pyridine rings is 1. The van der Waals surface area contributed by atoms with Gasteiger partial charge in [-0.15, -0.1) is 0 Å². The number of ether oxygens (including phenoxy) is 1. The number of anilines is 1. The van der Waals surface area contributed by atoms with Gasteiger partial charge in [0.2, 0.25) is 0 Å². The first-order valence-electron chi connectivity index (χ1n) is 12.3. The maximum atomic E-state index is 14.4. The van der Waals surface area contributed by atoms with Crippen LogP contribution in [0, 0.1) is 6.92 Å². The number of alkyl halides is 5. The van der Waals surface area contributed by atoms with Gasteiger partial charge < -0.3 is 9.84 Å². The Morgan fingerprint density at radius 1 is 0.952 bits per heavy atom. The van der Waals surface area contributed by atoms with Crippen LogP contribution in [0.1, 0.15) is 34.0 Å². The van der Waals surface area contributed by atoms with Crippen molar-refractivity contribution in [2.75, 3.05) is 11.4 Å². The predicted molar refractivity (Wildman–Crippen MR) is 145 cm³/mol. The molecule has 0 spiro atoms. The maximum absolute atomic E-state index is 14.4. The molecule has 42 heavy (non-hydrogen) atoms. The SMILES string of the molecule is COC(C)(c1ccc(CN(c2ncc3ccccc3c2C)S(=O)(=O)c2ccc(C(=O)O)cc2)cc1)C(F)(F)C(F)(F)F. The molecule has 7 nitrogen and oxygen atoms in total. The van der Waals surface area contributed by atoms with Crippen LogP contribution >= 0.6 is 0 Å². The van der Waals surface area contributed by atoms with E-state index in [1.165, 1.54) is 18.3 Å². The number of methoxy groups -OCH3 is 1. The van der Waals surface area contributed by atoms with Gasteiger partial charge in [-0.2, -0.15) is 22.0 Å². The van der Waals surface area contributed by atoms with E-state index in [-0.39, 0.29) is 28.4 Å². The molecule has 0 aliphatic heterocycles. The van der Waals surface area contributed by atoms with Gasteiger partial charge >= 0.3 is 18.1 Å². The van der Waals surface area contributed by atoms with Crippen LogP contribution < -0.4 is 4.31 Å². The smallest absolute Gasteiger partial charge is 0.456 e. The summed E-state index contributed by atoms with van der Waals surface area (Å²) in [6, 6.07) is 16.2. The number of aryl methyl sites for hydroxylation is 1. The third-order valence-electron chi connectivity index (χ3n) is 7.15. The van der Waals surface area contributed by atoms with E-state index in [9.17, 15) is 40.3 Å². The molecule has 1 N–H and O–H groups in total. The highest BCUT2D eigenvalue weighted by Gasteiger charge is 2.69. The van der Waals surface area contributed by atoms with Crippen molar-refractivity contribution < 1.29 is 45.0 Å². The van der Waals surface area contributed by atoms with Crippen LogP contribution in [0.4, 0.5) is 27.8 Å². The van der Waals surface area contributed by atoms with Gasteiger partial charge in [-0.05, 0) is 54.6 Å². The Labute approximate surface area is 238 Å². The van der Waals surface area contributed by atoms with Gasteiger partial charge in [-0.3, -0.25) is 0 Å². The van der Waals surface area contributed by atoms with E-state index in [0.717, 1.165) is 53.2 Å². The molecule has 222 valence electrons. The molecule has 1 aromatic heterocycles. The van der Waals surface area contributed by atoms with Gasteiger partial charge in [0.15, 0.2) is 5.60 Å². The molecule has 0 saturated heterocycles. The van der Waals surface area contributed by atoms with E-state index in [1.807, 2.05) is 0 Å². The Balaban J connectivity index is 1.81. The topological polar surface area (TPSA) is 96.8 Å². The molecule has 4 rings (SSSR count). The molecule has 0 aliphatic carbocycles. The number of aromatic carboxylic acids is 1. The first-order valence-corrected chi connectivity index (χ1v) is 13.8. The standard InChI is InChI=1S/C29H25F5N2O5S/c1-18-24-7-5-4-6-21(24)16-35-25(18)36(42(39,40)23-14-10-20(11-15-23)26(37)38)17-19-8-12-22(13-9-19)27(2,41-3)28(30,31)29(32,33)34/h4-16H,17H2,1-3H3,(H,37,38). The summed E-state index contributed by atoms with van der Waals surface area (Å²) in [6.07, 6.45) is -4.41. The average molecular weight is 609 g/mol. The molecule has 3 aromatic carbocycles. The maximum Gasteiger partial charge on any atom is 0.456 e. The molecule has 1 heterocycles. The summed E-state index contributed by atoms with van der Waals surface area (Å²) in [4.78, 5) is 15.4. The van der Waals surface area contributed by atoms with E-state index >= 15 is 0 Å². The summed E-state index contributed by atoms with van der Waals surface area (Å²) in [5.74, 6) is -6.44. The van der Waals surface area contributed by atoms with E-state index in [0.29, 0.717) is 17.9 Å². The van der Waals surface area contributed by atoms with Crippen LogP contribution in [0.3, 0.4) is 0 Å². The Morgan fingerprint density at radius 3 is 2.10 bits per heavy atom. The molecule has 0 fully saturated rings. The van der Waals surface area contributed by atoms with Crippen LogP contribution in [-0.4, -0.2) is 43.7 Å². The molecule has 4 aromatic rings. The van der Waals surface area contributed by atoms with E-state index in [1.54, 1.807) is 31.2 Å². The minimum absolute atomic E-state index is 0.0467. The third-order valence-corrected chi connectivity index (χ3v) is 8.90. The summed E-state index contributed by atoms with van der Waals surface area (Å²) in [5.41, 5.74) is -2.92. The minimum Gasteiger partial charge on any atom is -0.478 e. The van der Waals surface area contributed by atoms with Crippen LogP contribution in [0.15, 0.2) is 83.9 Å². The second-order valence-electron chi connectivity index (χ2n) is 9.64. The summed E-state index contributed by atoms with van der Waals surface area (Å²) < 4.78 is 102. The highest BCUT2D eigenvalue weighted by Crippen LogP contribution is 2.50. The third kappa shape index (κ3) is 5.29. The molecular weight excluding hydrogens is 583 g/mol. The van der Waals surface area contributed by atoms with Crippen molar-refractivity contribution in [1.82, 2.24) is 4.98 Å². The first kappa shape index (κ1) is 30.8. The monoisotopic (exact) mass is 608 g/mol. The number of rotatable bonds is 9. The van der Waals surface area contributed by atoms with Gasteiger partial charge in [0.05, 0.1) is 17.0 Å². The normalized spacial score (nSPS) is 14.0. The van der Waals surface area contributed by atoms with Crippen molar-refractivity contribution in [2.45, 2.75) is 43.0 Å². The lowest BCUT2D eigenvalue weighted by atomic mass is 9.88. The second-order valence-corrected chi connectivity index (χ2v) is 11.5. The highest BCUT2D eigenvalue weighted by molar-refractivity contribution is 7.92. The Morgan fingerprint density at radius 2 is 1.55 bits per heavy atom. The predicted octanol–water partition coefficient (Wildman–Crippen LogP) is 6.70. The molecule has 0 aliphatic rings. The van der Waals surface area contributed by atoms with Crippen molar-refractivity contribution in [1.29, 1.82) is 0 Å². The number of aromatic nitrogens is 1. The quantitative estimate of drug-likeness (QED) is 0.213. The van der Waals surface area contributed by atoms with Crippen LogP contribution in [-0.2, 0) is 26.9 Å². The zero-order chi connectivity index (χ0) is 31.1. The minimum atomic E-state index is -5.89. The lowest BCUT2D eigenvalue weighted by Crippen LogP contribution is -2.54. The number of halogens is 5. The fraction of sp³-hybridized carbons (Fsp3) is 0.241. The lowest BCUT2D eigenvalue weighted by Gasteiger charge is -2.37. The van der Waals surface area contributed by atoms with Crippen LogP contribution in [0.25, 0.3) is 10.8 Å². The second kappa shape index (κ2) is 11.0. The van der Waals surface area contributed by atoms with Gasteiger partial charge in [-0.25, -0.2) is 22.5 Å². The Bertz CT molecular complexity index is 1730. The van der Waals surface area contributed by atoms with E-state index < -0.39 is 39.3 Å². The molecular formula is C29H25F5N2O5S. The molecule has 0 radical (unpaired) electrons. The summed E-state index contributed by atoms with van der Waals surface area (Å²) >= 11 is 0. The molecule has 0 saturated carbocycles. The largest absolute Gasteiger partial charge is 0.478 e. The average Bonchev–Trinajstić information content (AvgIpc) is 2.95. The fourth-order valence-electron chi connectivity index (χ4n) is 4.51. The zero-order valence-corrected chi connectivity index (χ0v) is 23.3. The summed E-state index contributed by atoms with van der Waals surface area (Å²) in [6.45, 7) is 1.91. The molecule has 0 bridgehead atoms. The van der Waals surface area contributed by atoms with Crippen molar-refractivity contribution >= 4 is 32.6 Å². The molecule has 0 amide bonds. The van der Waals surface area contributed by atoms with Gasteiger partial charge in [0.1, 0.15) is 5.82 Å². The van der Waals surface area contributed by atoms with Crippen LogP contribution in [0.5, 0.6) is 0 Å². The number of hydrogen-bond acceptors (Lipinski definition) is 5. The number of benzene rings is 3. The zero-order valence-electron chi connectivity index (χ0n) is 22.5. The summed E-state index contributed by atoms with van der Waals surface area (Å²) in [5, 5.41) is 10.7. The Hall–Kier alpha value is -4.10. The fourth-order valence-corrected chi connectivity index (χ4v) is 5.98. The van der Waals surface area contributed by atoms with Crippen molar-refractivity contribution in [2.24, 2.45) is 0 Å². The number of carboxylic acid groups (broad SMARTS) is 1. The van der Waals surface area contributed by atoms with Crippen LogP contribution in [0.2, 0.25) is 0 Å². The number of carboxylic acids is 1. The van der Waals surface area contributed by atoms with Gasteiger partial charge in [0.25, 0.3) is 10.0 Å². The number of sulfonamides is 1. The number of hydrogen-bond donors (Lipinski definition) is 1. The lowest BCUT2D eigenvalue weighted by molar-refractivity contribution is -0.346. The summed E-state index contributed by atoms with van der Waals surface area (Å²) in [7, 11) is -3.65. The van der Waals surface area contributed by atoms with Gasteiger partial charge in [-0.1, -0.05) is 48.5 Å². The van der Waals surface area contributed by atoms with E-state index in [4.69, 9.17) is 0 Å².